The molecule has 0 aliphatic rings. The summed E-state index contributed by atoms with van der Waals surface area (Å²) >= 11 is 0. The molecule has 0 saturated heterocycles. The fraction of sp³-hybridized carbons (Fsp3) is 0.887. The average Bonchev–Trinajstić information content (AvgIpc) is 3.24. The van der Waals surface area contributed by atoms with Crippen LogP contribution in [0.15, 0.2) is 24.3 Å². The van der Waals surface area contributed by atoms with E-state index in [-0.39, 0.29) is 18.5 Å². The molecule has 2 atom stereocenters. The molecule has 0 aromatic carbocycles. The summed E-state index contributed by atoms with van der Waals surface area (Å²) in [6.07, 6.45) is 57.6. The molecular formula is C53H101NO5. The molecule has 0 spiro atoms. The highest BCUT2D eigenvalue weighted by atomic mass is 16.5. The van der Waals surface area contributed by atoms with Gasteiger partial charge in [-0.15, -0.1) is 0 Å². The number of amides is 1. The van der Waals surface area contributed by atoms with Crippen molar-refractivity contribution < 1.29 is 24.5 Å². The minimum absolute atomic E-state index is 0.00396. The van der Waals surface area contributed by atoms with E-state index < -0.39 is 12.1 Å². The van der Waals surface area contributed by atoms with Crippen LogP contribution in [-0.4, -0.2) is 47.4 Å². The van der Waals surface area contributed by atoms with Gasteiger partial charge in [-0.2, -0.15) is 0 Å². The molecule has 6 nitrogen and oxygen atoms in total. The highest BCUT2D eigenvalue weighted by Gasteiger charge is 2.18. The maximum absolute atomic E-state index is 12.4. The normalized spacial score (nSPS) is 12.8. The minimum Gasteiger partial charge on any atom is -0.466 e. The van der Waals surface area contributed by atoms with Gasteiger partial charge in [0.15, 0.2) is 0 Å². The van der Waals surface area contributed by atoms with E-state index in [1.54, 1.807) is 6.08 Å². The minimum atomic E-state index is -0.847. The number of unbranched alkanes of at least 4 members (excludes halogenated alkanes) is 35. The topological polar surface area (TPSA) is 95.9 Å². The molecule has 0 bridgehead atoms. The third-order valence-corrected chi connectivity index (χ3v) is 12.0. The first kappa shape index (κ1) is 57.3. The Kier molecular flexibility index (Phi) is 47.6. The quantitative estimate of drug-likeness (QED) is 0.0322. The van der Waals surface area contributed by atoms with Crippen molar-refractivity contribution in [3.05, 3.63) is 24.3 Å². The van der Waals surface area contributed by atoms with Gasteiger partial charge < -0.3 is 20.3 Å². The number of aliphatic hydroxyl groups excluding tert-OH is 2. The zero-order valence-corrected chi connectivity index (χ0v) is 39.5. The number of ether oxygens (including phenoxy) is 1. The van der Waals surface area contributed by atoms with E-state index in [4.69, 9.17) is 4.74 Å². The number of carbonyl (C=O) groups is 2. The predicted octanol–water partition coefficient (Wildman–Crippen LogP) is 15.5. The molecule has 2 unspecified atom stereocenters. The van der Waals surface area contributed by atoms with Crippen molar-refractivity contribution >= 4 is 11.9 Å². The summed E-state index contributed by atoms with van der Waals surface area (Å²) in [4.78, 5) is 24.4. The standard InChI is InChI=1S/C53H101NO5/c1-3-5-7-9-11-13-14-15-16-17-18-21-24-27-31-35-39-43-47-53(58)59-48-44-40-36-32-28-25-22-19-20-23-26-30-34-38-42-46-52(57)54-50(49-55)51(56)45-41-37-33-29-12-10-8-6-4-2/h16-17,41,45,50-51,55-56H,3-15,18-40,42-44,46-49H2,1-2H3,(H,54,57)/b17-16-,45-41+. The predicted molar refractivity (Wildman–Crippen MR) is 255 cm³/mol. The third-order valence-electron chi connectivity index (χ3n) is 12.0. The van der Waals surface area contributed by atoms with Crippen LogP contribution in [0.2, 0.25) is 0 Å². The zero-order valence-electron chi connectivity index (χ0n) is 39.5. The number of nitrogens with one attached hydrogen (secondary N) is 1. The fourth-order valence-corrected chi connectivity index (χ4v) is 7.92. The Balaban J connectivity index is 3.41. The number of hydrogen-bond donors (Lipinski definition) is 3. The monoisotopic (exact) mass is 832 g/mol. The van der Waals surface area contributed by atoms with Crippen LogP contribution in [0.4, 0.5) is 0 Å². The number of aliphatic hydroxyl groups is 2. The van der Waals surface area contributed by atoms with Crippen LogP contribution in [0.3, 0.4) is 0 Å². The molecule has 0 saturated carbocycles. The van der Waals surface area contributed by atoms with Crippen molar-refractivity contribution in [3.8, 4) is 0 Å². The molecule has 0 aliphatic carbocycles. The van der Waals surface area contributed by atoms with E-state index in [0.29, 0.717) is 19.4 Å². The van der Waals surface area contributed by atoms with E-state index in [9.17, 15) is 19.8 Å². The molecule has 0 fully saturated rings. The number of rotatable bonds is 48. The second-order valence-corrected chi connectivity index (χ2v) is 17.9. The summed E-state index contributed by atoms with van der Waals surface area (Å²) in [7, 11) is 0. The summed E-state index contributed by atoms with van der Waals surface area (Å²) in [6, 6.07) is -0.632. The van der Waals surface area contributed by atoms with Gasteiger partial charge in [0.25, 0.3) is 0 Å². The maximum Gasteiger partial charge on any atom is 0.305 e. The first-order chi connectivity index (χ1) is 29.0. The Morgan fingerprint density at radius 2 is 0.797 bits per heavy atom. The van der Waals surface area contributed by atoms with Gasteiger partial charge in [-0.05, 0) is 57.8 Å². The fourth-order valence-electron chi connectivity index (χ4n) is 7.92. The average molecular weight is 832 g/mol. The highest BCUT2D eigenvalue weighted by Crippen LogP contribution is 2.16. The van der Waals surface area contributed by atoms with Gasteiger partial charge in [-0.25, -0.2) is 0 Å². The van der Waals surface area contributed by atoms with E-state index in [2.05, 4.69) is 31.3 Å². The summed E-state index contributed by atoms with van der Waals surface area (Å²) < 4.78 is 5.47. The van der Waals surface area contributed by atoms with Crippen molar-refractivity contribution in [2.24, 2.45) is 0 Å². The Morgan fingerprint density at radius 3 is 1.20 bits per heavy atom. The van der Waals surface area contributed by atoms with Gasteiger partial charge in [0.2, 0.25) is 5.91 Å². The van der Waals surface area contributed by atoms with E-state index in [1.165, 1.54) is 193 Å². The number of carbonyl (C=O) groups excluding carboxylic acids is 2. The first-order valence-electron chi connectivity index (χ1n) is 26.1. The lowest BCUT2D eigenvalue weighted by Crippen LogP contribution is -2.45. The lowest BCUT2D eigenvalue weighted by atomic mass is 10.0. The van der Waals surface area contributed by atoms with Crippen LogP contribution in [0.1, 0.15) is 277 Å². The Bertz CT molecular complexity index is 920. The molecule has 3 N–H and O–H groups in total. The summed E-state index contributed by atoms with van der Waals surface area (Å²) in [5, 5.41) is 22.9. The largest absolute Gasteiger partial charge is 0.466 e. The van der Waals surface area contributed by atoms with Gasteiger partial charge in [-0.1, -0.05) is 231 Å². The second-order valence-electron chi connectivity index (χ2n) is 17.9. The molecule has 0 aromatic heterocycles. The summed E-state index contributed by atoms with van der Waals surface area (Å²) in [6.45, 7) is 4.85. The molecule has 6 heteroatoms. The molecule has 0 rings (SSSR count). The van der Waals surface area contributed by atoms with Crippen molar-refractivity contribution in [1.82, 2.24) is 5.32 Å². The van der Waals surface area contributed by atoms with Crippen molar-refractivity contribution in [3.63, 3.8) is 0 Å². The van der Waals surface area contributed by atoms with Gasteiger partial charge in [-0.3, -0.25) is 9.59 Å². The van der Waals surface area contributed by atoms with Crippen molar-refractivity contribution in [2.45, 2.75) is 289 Å². The van der Waals surface area contributed by atoms with Gasteiger partial charge in [0.05, 0.1) is 25.4 Å². The molecule has 0 radical (unpaired) electrons. The van der Waals surface area contributed by atoms with E-state index >= 15 is 0 Å². The molecule has 0 heterocycles. The van der Waals surface area contributed by atoms with Crippen LogP contribution >= 0.6 is 0 Å². The smallest absolute Gasteiger partial charge is 0.305 e. The van der Waals surface area contributed by atoms with Crippen molar-refractivity contribution in [2.75, 3.05) is 13.2 Å². The number of esters is 1. The van der Waals surface area contributed by atoms with Gasteiger partial charge in [0, 0.05) is 12.8 Å². The third kappa shape index (κ3) is 45.7. The van der Waals surface area contributed by atoms with Crippen LogP contribution in [-0.2, 0) is 14.3 Å². The van der Waals surface area contributed by atoms with Crippen LogP contribution in [0.5, 0.6) is 0 Å². The number of allylic oxidation sites excluding steroid dienone is 3. The van der Waals surface area contributed by atoms with Gasteiger partial charge >= 0.3 is 5.97 Å². The first-order valence-corrected chi connectivity index (χ1v) is 26.1. The number of hydrogen-bond acceptors (Lipinski definition) is 5. The Labute approximate surface area is 367 Å². The Hall–Kier alpha value is -1.66. The maximum atomic E-state index is 12.4. The molecule has 1 amide bonds. The molecule has 0 aromatic rings. The summed E-state index contributed by atoms with van der Waals surface area (Å²) in [5.74, 6) is -0.0834. The Morgan fingerprint density at radius 1 is 0.458 bits per heavy atom. The highest BCUT2D eigenvalue weighted by molar-refractivity contribution is 5.76. The lowest BCUT2D eigenvalue weighted by Gasteiger charge is -2.20. The SMILES string of the molecule is CCCCCCCCC/C=C\CCCCCCCCCC(=O)OCCCCCCCCCCCCCCCCCC(=O)NC(CO)C(O)/C=C/CCCCCCCCC. The zero-order chi connectivity index (χ0) is 43.0. The molecule has 59 heavy (non-hydrogen) atoms. The molecule has 0 aliphatic heterocycles. The van der Waals surface area contributed by atoms with Crippen molar-refractivity contribution in [1.29, 1.82) is 0 Å². The van der Waals surface area contributed by atoms with Crippen LogP contribution in [0, 0.1) is 0 Å². The van der Waals surface area contributed by atoms with E-state index in [1.807, 2.05) is 6.08 Å². The second kappa shape index (κ2) is 49.0. The van der Waals surface area contributed by atoms with Crippen LogP contribution in [0.25, 0.3) is 0 Å². The van der Waals surface area contributed by atoms with Crippen LogP contribution < -0.4 is 5.32 Å². The van der Waals surface area contributed by atoms with Gasteiger partial charge in [0.1, 0.15) is 0 Å². The molecule has 348 valence electrons. The lowest BCUT2D eigenvalue weighted by molar-refractivity contribution is -0.143. The summed E-state index contributed by atoms with van der Waals surface area (Å²) in [5.41, 5.74) is 0. The molecular weight excluding hydrogens is 731 g/mol. The van der Waals surface area contributed by atoms with E-state index in [0.717, 1.165) is 57.8 Å².